The number of hydrogen-bond donors (Lipinski definition) is 0. The van der Waals surface area contributed by atoms with Gasteiger partial charge in [0.25, 0.3) is 6.26 Å². The Hall–Kier alpha value is -1.30. The fourth-order valence-electron chi connectivity index (χ4n) is 3.20. The van der Waals surface area contributed by atoms with E-state index in [-0.39, 0.29) is 0 Å². The van der Waals surface area contributed by atoms with Crippen LogP contribution in [0.15, 0.2) is 12.2 Å². The van der Waals surface area contributed by atoms with Gasteiger partial charge in [-0.25, -0.2) is 4.79 Å². The molecule has 0 spiro atoms. The highest BCUT2D eigenvalue weighted by Crippen LogP contribution is 2.56. The van der Waals surface area contributed by atoms with Crippen molar-refractivity contribution in [3.8, 4) is 6.26 Å². The average Bonchev–Trinajstić information content (AvgIpc) is 2.77. The van der Waals surface area contributed by atoms with Crippen LogP contribution in [-0.4, -0.2) is 5.97 Å². The van der Waals surface area contributed by atoms with Crippen LogP contribution in [0.25, 0.3) is 0 Å². The summed E-state index contributed by atoms with van der Waals surface area (Å²) in [5, 5.41) is 8.24. The van der Waals surface area contributed by atoms with Gasteiger partial charge in [-0.1, -0.05) is 6.58 Å². The molecule has 3 nitrogen and oxygen atoms in total. The van der Waals surface area contributed by atoms with Crippen LogP contribution < -0.4 is 0 Å². The van der Waals surface area contributed by atoms with Gasteiger partial charge in [-0.3, -0.25) is 0 Å². The maximum absolute atomic E-state index is 11.3. The van der Waals surface area contributed by atoms with Gasteiger partial charge in [-0.05, 0) is 49.9 Å². The van der Waals surface area contributed by atoms with Crippen molar-refractivity contribution in [3.63, 3.8) is 0 Å². The molecule has 2 bridgehead atoms. The molecule has 0 saturated heterocycles. The van der Waals surface area contributed by atoms with Crippen molar-refractivity contribution >= 4 is 5.97 Å². The zero-order valence-corrected chi connectivity index (χ0v) is 8.79. The minimum Gasteiger partial charge on any atom is -0.347 e. The summed E-state index contributed by atoms with van der Waals surface area (Å²) >= 11 is 0. The predicted molar refractivity (Wildman–Crippen MR) is 54.5 cm³/mol. The molecule has 0 aromatic heterocycles. The van der Waals surface area contributed by atoms with Crippen LogP contribution >= 0.6 is 0 Å². The van der Waals surface area contributed by atoms with E-state index in [9.17, 15) is 4.79 Å². The van der Waals surface area contributed by atoms with Gasteiger partial charge in [0.2, 0.25) is 0 Å². The molecule has 2 aliphatic rings. The van der Waals surface area contributed by atoms with Gasteiger partial charge in [-0.2, -0.15) is 0 Å². The van der Waals surface area contributed by atoms with Crippen molar-refractivity contribution in [2.45, 2.75) is 38.5 Å². The minimum atomic E-state index is -0.553. The normalized spacial score (nSPS) is 32.3. The van der Waals surface area contributed by atoms with Gasteiger partial charge in [0, 0.05) is 5.57 Å². The zero-order chi connectivity index (χ0) is 10.9. The van der Waals surface area contributed by atoms with Crippen LogP contribution in [-0.2, 0) is 9.53 Å². The van der Waals surface area contributed by atoms with Crippen molar-refractivity contribution in [1.82, 2.24) is 0 Å². The topological polar surface area (TPSA) is 50.1 Å². The third kappa shape index (κ3) is 1.90. The molecule has 0 aliphatic heterocycles. The fourth-order valence-corrected chi connectivity index (χ4v) is 3.20. The quantitative estimate of drug-likeness (QED) is 0.404. The average molecular weight is 205 g/mol. The second-order valence-electron chi connectivity index (χ2n) is 4.91. The number of fused-ring (bicyclic) bond motifs is 2. The molecule has 2 aliphatic carbocycles. The Kier molecular flexibility index (Phi) is 2.52. The molecular weight excluding hydrogens is 190 g/mol. The Balaban J connectivity index is 1.95. The molecule has 2 saturated carbocycles. The predicted octanol–water partition coefficient (Wildman–Crippen LogP) is 2.54. The Morgan fingerprint density at radius 1 is 1.53 bits per heavy atom. The molecule has 2 fully saturated rings. The number of esters is 1. The summed E-state index contributed by atoms with van der Waals surface area (Å²) in [5.74, 6) is 0.312. The number of rotatable bonds is 3. The minimum absolute atomic E-state index is 0.302. The van der Waals surface area contributed by atoms with Crippen LogP contribution in [0.4, 0.5) is 0 Å². The lowest BCUT2D eigenvalue weighted by Gasteiger charge is -2.26. The van der Waals surface area contributed by atoms with E-state index in [2.05, 4.69) is 11.3 Å². The van der Waals surface area contributed by atoms with Crippen LogP contribution in [0.1, 0.15) is 38.5 Å². The number of nitrogens with zero attached hydrogens (tertiary/aromatic N) is 1. The molecule has 0 aromatic rings. The summed E-state index contributed by atoms with van der Waals surface area (Å²) in [7, 11) is 0. The maximum Gasteiger partial charge on any atom is 0.348 e. The van der Waals surface area contributed by atoms with Crippen molar-refractivity contribution in [2.24, 2.45) is 11.3 Å². The lowest BCUT2D eigenvalue weighted by molar-refractivity contribution is -0.133. The molecule has 0 heterocycles. The van der Waals surface area contributed by atoms with Gasteiger partial charge in [0.15, 0.2) is 0 Å². The van der Waals surface area contributed by atoms with E-state index in [0.717, 1.165) is 5.92 Å². The van der Waals surface area contributed by atoms with Gasteiger partial charge >= 0.3 is 5.97 Å². The molecular formula is C12H15NO2. The number of ether oxygens (including phenoxy) is 1. The zero-order valence-electron chi connectivity index (χ0n) is 8.79. The van der Waals surface area contributed by atoms with Crippen molar-refractivity contribution < 1.29 is 9.53 Å². The maximum atomic E-state index is 11.3. The lowest BCUT2D eigenvalue weighted by atomic mass is 9.79. The van der Waals surface area contributed by atoms with Crippen LogP contribution in [0.2, 0.25) is 0 Å². The molecule has 0 N–H and O–H groups in total. The highest BCUT2D eigenvalue weighted by atomic mass is 16.5. The third-order valence-electron chi connectivity index (χ3n) is 3.90. The molecule has 0 radical (unpaired) electrons. The van der Waals surface area contributed by atoms with Crippen molar-refractivity contribution in [2.75, 3.05) is 0 Å². The SMILES string of the molecule is C=C(CC12CCC(CC1)C2)C(=O)OC#N. The Morgan fingerprint density at radius 2 is 2.20 bits per heavy atom. The Bertz CT molecular complexity index is 332. The molecule has 0 aromatic carbocycles. The van der Waals surface area contributed by atoms with Crippen LogP contribution in [0, 0.1) is 22.9 Å². The molecule has 15 heavy (non-hydrogen) atoms. The first kappa shape index (κ1) is 10.2. The van der Waals surface area contributed by atoms with Gasteiger partial charge in [0.05, 0.1) is 0 Å². The summed E-state index contributed by atoms with van der Waals surface area (Å²) in [6.07, 6.45) is 8.34. The monoisotopic (exact) mass is 205 g/mol. The first-order chi connectivity index (χ1) is 7.15. The second kappa shape index (κ2) is 3.69. The van der Waals surface area contributed by atoms with E-state index in [1.807, 2.05) is 0 Å². The van der Waals surface area contributed by atoms with E-state index in [1.165, 1.54) is 38.4 Å². The largest absolute Gasteiger partial charge is 0.348 e. The summed E-state index contributed by atoms with van der Waals surface area (Å²) in [6, 6.07) is 0. The molecule has 3 heteroatoms. The fraction of sp³-hybridized carbons (Fsp3) is 0.667. The third-order valence-corrected chi connectivity index (χ3v) is 3.90. The number of carbonyl (C=O) groups is 1. The molecule has 0 amide bonds. The van der Waals surface area contributed by atoms with E-state index >= 15 is 0 Å². The summed E-state index contributed by atoms with van der Waals surface area (Å²) in [4.78, 5) is 11.3. The summed E-state index contributed by atoms with van der Waals surface area (Å²) in [5.41, 5.74) is 0.759. The molecule has 80 valence electrons. The van der Waals surface area contributed by atoms with Gasteiger partial charge in [-0.15, -0.1) is 5.26 Å². The summed E-state index contributed by atoms with van der Waals surface area (Å²) < 4.78 is 4.28. The number of carbonyl (C=O) groups excluding carboxylic acids is 1. The van der Waals surface area contributed by atoms with E-state index in [1.54, 1.807) is 0 Å². The Labute approximate surface area is 89.7 Å². The highest BCUT2D eigenvalue weighted by molar-refractivity contribution is 5.88. The van der Waals surface area contributed by atoms with E-state index in [4.69, 9.17) is 5.26 Å². The summed E-state index contributed by atoms with van der Waals surface area (Å²) in [6.45, 7) is 3.72. The standard InChI is InChI=1S/C12H15NO2/c1-9(11(14)15-8-13)6-12-4-2-10(7-12)3-5-12/h10H,1-7H2. The Morgan fingerprint density at radius 3 is 2.67 bits per heavy atom. The molecule has 0 atom stereocenters. The number of hydrogen-bond acceptors (Lipinski definition) is 3. The van der Waals surface area contributed by atoms with Crippen molar-refractivity contribution in [1.29, 1.82) is 5.26 Å². The lowest BCUT2D eigenvalue weighted by Crippen LogP contribution is -2.18. The van der Waals surface area contributed by atoms with Crippen molar-refractivity contribution in [3.05, 3.63) is 12.2 Å². The van der Waals surface area contributed by atoms with E-state index in [0.29, 0.717) is 17.4 Å². The second-order valence-corrected chi connectivity index (χ2v) is 4.91. The van der Waals surface area contributed by atoms with Crippen LogP contribution in [0.5, 0.6) is 0 Å². The highest BCUT2D eigenvalue weighted by Gasteiger charge is 2.45. The number of nitriles is 1. The van der Waals surface area contributed by atoms with E-state index < -0.39 is 5.97 Å². The first-order valence-electron chi connectivity index (χ1n) is 5.43. The molecule has 2 rings (SSSR count). The molecule has 0 unspecified atom stereocenters. The first-order valence-corrected chi connectivity index (χ1v) is 5.43. The smallest absolute Gasteiger partial charge is 0.347 e. The van der Waals surface area contributed by atoms with Gasteiger partial charge in [0.1, 0.15) is 0 Å². The van der Waals surface area contributed by atoms with Gasteiger partial charge < -0.3 is 4.74 Å². The van der Waals surface area contributed by atoms with Crippen LogP contribution in [0.3, 0.4) is 0 Å².